The molecule has 3 rings (SSSR count). The Morgan fingerprint density at radius 3 is 2.39 bits per heavy atom. The summed E-state index contributed by atoms with van der Waals surface area (Å²) in [5.41, 5.74) is 7.35. The summed E-state index contributed by atoms with van der Waals surface area (Å²) in [6.07, 6.45) is 8.36. The van der Waals surface area contributed by atoms with Gasteiger partial charge in [-0.1, -0.05) is 12.8 Å². The molecule has 2 aliphatic rings. The van der Waals surface area contributed by atoms with Crippen LogP contribution >= 0.6 is 0 Å². The fourth-order valence-corrected chi connectivity index (χ4v) is 3.57. The maximum absolute atomic E-state index is 5.73. The van der Waals surface area contributed by atoms with Crippen molar-refractivity contribution in [2.75, 3.05) is 23.7 Å². The first-order chi connectivity index (χ1) is 8.67. The van der Waals surface area contributed by atoms with E-state index in [2.05, 4.69) is 14.9 Å². The summed E-state index contributed by atoms with van der Waals surface area (Å²) in [5, 5.41) is 0. The first kappa shape index (κ1) is 11.8. The summed E-state index contributed by atoms with van der Waals surface area (Å²) in [5.74, 6) is 1.40. The van der Waals surface area contributed by atoms with Crippen LogP contribution < -0.4 is 10.6 Å². The predicted octanol–water partition coefficient (Wildman–Crippen LogP) is 2.53. The third kappa shape index (κ3) is 2.16. The quantitative estimate of drug-likeness (QED) is 0.827. The van der Waals surface area contributed by atoms with E-state index >= 15 is 0 Å². The first-order valence-corrected chi connectivity index (χ1v) is 7.03. The molecule has 1 aliphatic heterocycles. The minimum Gasteiger partial charge on any atom is -0.368 e. The topological polar surface area (TPSA) is 55.0 Å². The molecule has 0 radical (unpaired) electrons. The Labute approximate surface area is 109 Å². The maximum Gasteiger partial charge on any atom is 0.222 e. The fourth-order valence-electron chi connectivity index (χ4n) is 3.57. The molecule has 1 aromatic rings. The molecule has 2 N–H and O–H groups in total. The van der Waals surface area contributed by atoms with Crippen LogP contribution in [0.2, 0.25) is 0 Å². The highest BCUT2D eigenvalue weighted by molar-refractivity contribution is 5.43. The Kier molecular flexibility index (Phi) is 2.88. The molecule has 18 heavy (non-hydrogen) atoms. The summed E-state index contributed by atoms with van der Waals surface area (Å²) in [4.78, 5) is 10.9. The van der Waals surface area contributed by atoms with E-state index < -0.39 is 0 Å². The van der Waals surface area contributed by atoms with Gasteiger partial charge >= 0.3 is 0 Å². The van der Waals surface area contributed by atoms with Gasteiger partial charge in [0.1, 0.15) is 5.82 Å². The van der Waals surface area contributed by atoms with Gasteiger partial charge in [-0.15, -0.1) is 0 Å². The SMILES string of the molecule is Cc1cc(N2CCC3(CCCC3)CC2)nc(N)n1. The van der Waals surface area contributed by atoms with Crippen LogP contribution in [-0.4, -0.2) is 23.1 Å². The van der Waals surface area contributed by atoms with Gasteiger partial charge < -0.3 is 10.6 Å². The van der Waals surface area contributed by atoms with Gasteiger partial charge in [0, 0.05) is 24.8 Å². The Hall–Kier alpha value is -1.32. The van der Waals surface area contributed by atoms with E-state index in [4.69, 9.17) is 5.73 Å². The van der Waals surface area contributed by atoms with Crippen molar-refractivity contribution in [3.05, 3.63) is 11.8 Å². The van der Waals surface area contributed by atoms with Crippen LogP contribution in [0.1, 0.15) is 44.2 Å². The zero-order valence-corrected chi connectivity index (χ0v) is 11.2. The number of piperidine rings is 1. The average Bonchev–Trinajstić information content (AvgIpc) is 2.77. The van der Waals surface area contributed by atoms with Crippen molar-refractivity contribution in [1.29, 1.82) is 0 Å². The molecule has 1 aromatic heterocycles. The largest absolute Gasteiger partial charge is 0.368 e. The van der Waals surface area contributed by atoms with Crippen molar-refractivity contribution in [1.82, 2.24) is 9.97 Å². The van der Waals surface area contributed by atoms with Crippen LogP contribution in [0.3, 0.4) is 0 Å². The summed E-state index contributed by atoms with van der Waals surface area (Å²) >= 11 is 0. The number of anilines is 2. The number of rotatable bonds is 1. The molecule has 1 spiro atoms. The fraction of sp³-hybridized carbons (Fsp3) is 0.714. The average molecular weight is 246 g/mol. The van der Waals surface area contributed by atoms with E-state index in [0.29, 0.717) is 11.4 Å². The van der Waals surface area contributed by atoms with E-state index in [1.165, 1.54) is 38.5 Å². The third-order valence-electron chi connectivity index (χ3n) is 4.67. The molecule has 98 valence electrons. The predicted molar refractivity (Wildman–Crippen MR) is 73.5 cm³/mol. The number of nitrogen functional groups attached to an aromatic ring is 1. The van der Waals surface area contributed by atoms with Crippen molar-refractivity contribution >= 4 is 11.8 Å². The summed E-state index contributed by atoms with van der Waals surface area (Å²) in [7, 11) is 0. The summed E-state index contributed by atoms with van der Waals surface area (Å²) < 4.78 is 0. The second-order valence-corrected chi connectivity index (χ2v) is 5.92. The highest BCUT2D eigenvalue weighted by Gasteiger charge is 2.37. The van der Waals surface area contributed by atoms with E-state index in [0.717, 1.165) is 24.6 Å². The maximum atomic E-state index is 5.73. The number of nitrogens with zero attached hydrogens (tertiary/aromatic N) is 3. The second kappa shape index (κ2) is 4.41. The molecule has 2 fully saturated rings. The van der Waals surface area contributed by atoms with Gasteiger partial charge in [-0.2, -0.15) is 4.98 Å². The van der Waals surface area contributed by atoms with Crippen LogP contribution in [0.25, 0.3) is 0 Å². The van der Waals surface area contributed by atoms with Crippen LogP contribution in [-0.2, 0) is 0 Å². The number of aromatic nitrogens is 2. The van der Waals surface area contributed by atoms with Gasteiger partial charge in [-0.05, 0) is 38.0 Å². The van der Waals surface area contributed by atoms with E-state index in [-0.39, 0.29) is 0 Å². The van der Waals surface area contributed by atoms with Crippen LogP contribution in [0.5, 0.6) is 0 Å². The molecule has 1 aliphatic carbocycles. The van der Waals surface area contributed by atoms with Crippen LogP contribution in [0.15, 0.2) is 6.07 Å². The van der Waals surface area contributed by atoms with Gasteiger partial charge in [0.05, 0.1) is 0 Å². The lowest BCUT2D eigenvalue weighted by Crippen LogP contribution is -2.39. The molecule has 0 bridgehead atoms. The van der Waals surface area contributed by atoms with Gasteiger partial charge in [0.15, 0.2) is 0 Å². The van der Waals surface area contributed by atoms with Gasteiger partial charge in [0.2, 0.25) is 5.95 Å². The molecule has 4 heteroatoms. The van der Waals surface area contributed by atoms with Gasteiger partial charge in [0.25, 0.3) is 0 Å². The van der Waals surface area contributed by atoms with Crippen LogP contribution in [0.4, 0.5) is 11.8 Å². The number of hydrogen-bond donors (Lipinski definition) is 1. The normalized spacial score (nSPS) is 22.6. The molecule has 0 atom stereocenters. The minimum atomic E-state index is 0.395. The molecule has 1 saturated carbocycles. The summed E-state index contributed by atoms with van der Waals surface area (Å²) in [6, 6.07) is 2.04. The third-order valence-corrected chi connectivity index (χ3v) is 4.67. The smallest absolute Gasteiger partial charge is 0.222 e. The van der Waals surface area contributed by atoms with Gasteiger partial charge in [-0.3, -0.25) is 0 Å². The van der Waals surface area contributed by atoms with Crippen LogP contribution in [0, 0.1) is 12.3 Å². The molecular weight excluding hydrogens is 224 g/mol. The Bertz CT molecular complexity index is 407. The molecule has 0 aromatic carbocycles. The lowest BCUT2D eigenvalue weighted by molar-refractivity contribution is 0.226. The molecule has 4 nitrogen and oxygen atoms in total. The number of hydrogen-bond acceptors (Lipinski definition) is 4. The first-order valence-electron chi connectivity index (χ1n) is 7.03. The monoisotopic (exact) mass is 246 g/mol. The number of nitrogens with two attached hydrogens (primary N) is 1. The standard InChI is InChI=1S/C14H22N4/c1-11-10-12(17-13(15)16-11)18-8-6-14(7-9-18)4-2-3-5-14/h10H,2-9H2,1H3,(H2,15,16,17). The number of aryl methyl sites for hydroxylation is 1. The van der Waals surface area contributed by atoms with Crippen molar-refractivity contribution in [3.63, 3.8) is 0 Å². The van der Waals surface area contributed by atoms with Gasteiger partial charge in [-0.25, -0.2) is 4.98 Å². The second-order valence-electron chi connectivity index (χ2n) is 5.92. The van der Waals surface area contributed by atoms with E-state index in [1.54, 1.807) is 0 Å². The van der Waals surface area contributed by atoms with Crippen molar-refractivity contribution < 1.29 is 0 Å². The van der Waals surface area contributed by atoms with Crippen molar-refractivity contribution in [3.8, 4) is 0 Å². The van der Waals surface area contributed by atoms with Crippen molar-refractivity contribution in [2.24, 2.45) is 5.41 Å². The lowest BCUT2D eigenvalue weighted by atomic mass is 9.77. The Morgan fingerprint density at radius 1 is 1.11 bits per heavy atom. The molecular formula is C14H22N4. The molecule has 0 amide bonds. The van der Waals surface area contributed by atoms with E-state index in [1.807, 2.05) is 13.0 Å². The zero-order chi connectivity index (χ0) is 12.6. The Balaban J connectivity index is 1.72. The molecule has 2 heterocycles. The van der Waals surface area contributed by atoms with Crippen molar-refractivity contribution in [2.45, 2.75) is 45.4 Å². The highest BCUT2D eigenvalue weighted by atomic mass is 15.2. The summed E-state index contributed by atoms with van der Waals surface area (Å²) in [6.45, 7) is 4.22. The highest BCUT2D eigenvalue weighted by Crippen LogP contribution is 2.46. The minimum absolute atomic E-state index is 0.395. The molecule has 1 saturated heterocycles. The molecule has 0 unspecified atom stereocenters. The lowest BCUT2D eigenvalue weighted by Gasteiger charge is -2.40. The van der Waals surface area contributed by atoms with E-state index in [9.17, 15) is 0 Å². The zero-order valence-electron chi connectivity index (χ0n) is 11.2. The Morgan fingerprint density at radius 2 is 1.78 bits per heavy atom.